The lowest BCUT2D eigenvalue weighted by molar-refractivity contribution is -0.219. The Morgan fingerprint density at radius 1 is 1.14 bits per heavy atom. The molecule has 8 N–H and O–H groups in total. The van der Waals surface area contributed by atoms with Crippen LogP contribution >= 0.6 is 0 Å². The fourth-order valence-corrected chi connectivity index (χ4v) is 7.01. The number of fused-ring (bicyclic) bond motifs is 3. The normalized spacial score (nSPS) is 27.2. The number of benzene rings is 2. The SMILES string of the molecule is CO[C@@]1(O)C(C(N)=O)=C(O)[C@@H](N(C)C)C2CC3Cc4c(-c5cc(F)c(F)c(F)c5)cc(CN)c(O)c4C(O)=C3C(=O)C21. The van der Waals surface area contributed by atoms with E-state index >= 15 is 0 Å². The van der Waals surface area contributed by atoms with Crippen molar-refractivity contribution in [1.29, 1.82) is 0 Å². The number of allylic oxidation sites excluding steroid dienone is 1. The third kappa shape index (κ3) is 4.02. The van der Waals surface area contributed by atoms with Gasteiger partial charge in [0, 0.05) is 24.8 Å². The van der Waals surface area contributed by atoms with E-state index in [4.69, 9.17) is 16.2 Å². The molecule has 3 aliphatic rings. The Morgan fingerprint density at radius 2 is 1.76 bits per heavy atom. The molecule has 0 spiro atoms. The van der Waals surface area contributed by atoms with E-state index < -0.39 is 81.6 Å². The zero-order valence-corrected chi connectivity index (χ0v) is 22.9. The van der Waals surface area contributed by atoms with Crippen molar-refractivity contribution in [3.8, 4) is 16.9 Å². The van der Waals surface area contributed by atoms with Crippen LogP contribution in [0.15, 0.2) is 35.1 Å². The molecule has 0 heterocycles. The number of phenols is 1. The summed E-state index contributed by atoms with van der Waals surface area (Å²) in [7, 11) is 4.23. The van der Waals surface area contributed by atoms with Gasteiger partial charge in [-0.05, 0) is 73.7 Å². The molecule has 1 fully saturated rings. The third-order valence-corrected chi connectivity index (χ3v) is 8.72. The van der Waals surface area contributed by atoms with Crippen molar-refractivity contribution < 1.29 is 47.9 Å². The van der Waals surface area contributed by atoms with Crippen LogP contribution in [0.2, 0.25) is 0 Å². The van der Waals surface area contributed by atoms with Crippen LogP contribution in [0.4, 0.5) is 13.2 Å². The van der Waals surface area contributed by atoms with E-state index in [1.54, 1.807) is 19.0 Å². The second-order valence-corrected chi connectivity index (χ2v) is 11.1. The highest BCUT2D eigenvalue weighted by molar-refractivity contribution is 6.08. The first kappa shape index (κ1) is 29.6. The summed E-state index contributed by atoms with van der Waals surface area (Å²) >= 11 is 0. The van der Waals surface area contributed by atoms with Gasteiger partial charge in [0.05, 0.1) is 17.5 Å². The number of phenolic OH excluding ortho intramolecular Hbond substituents is 1. The van der Waals surface area contributed by atoms with E-state index in [0.717, 1.165) is 19.2 Å². The van der Waals surface area contributed by atoms with Crippen LogP contribution in [-0.4, -0.2) is 70.1 Å². The maximum absolute atomic E-state index is 14.3. The molecule has 13 heteroatoms. The number of carbonyl (C=O) groups excluding carboxylic acids is 2. The third-order valence-electron chi connectivity index (χ3n) is 8.72. The number of likely N-dealkylation sites (N-methyl/N-ethyl adjacent to an activating group) is 1. The lowest BCUT2D eigenvalue weighted by Gasteiger charge is -2.52. The lowest BCUT2D eigenvalue weighted by atomic mass is 9.57. The molecule has 0 aliphatic heterocycles. The number of aliphatic hydroxyl groups excluding tert-OH is 2. The van der Waals surface area contributed by atoms with Gasteiger partial charge in [0.25, 0.3) is 5.91 Å². The number of halogens is 3. The molecular weight excluding hydrogens is 559 g/mol. The fraction of sp³-hybridized carbons (Fsp3) is 0.379. The Kier molecular flexibility index (Phi) is 7.13. The molecule has 0 aromatic heterocycles. The smallest absolute Gasteiger partial charge is 0.253 e. The van der Waals surface area contributed by atoms with Gasteiger partial charge in [-0.1, -0.05) is 0 Å². The van der Waals surface area contributed by atoms with Crippen molar-refractivity contribution in [3.05, 3.63) is 69.2 Å². The monoisotopic (exact) mass is 589 g/mol. The molecule has 0 saturated heterocycles. The maximum Gasteiger partial charge on any atom is 0.253 e. The van der Waals surface area contributed by atoms with Crippen molar-refractivity contribution in [2.24, 2.45) is 29.2 Å². The molecule has 3 aliphatic carbocycles. The van der Waals surface area contributed by atoms with Gasteiger partial charge in [0.15, 0.2) is 23.2 Å². The summed E-state index contributed by atoms with van der Waals surface area (Å²) in [5.74, 6) is -14.0. The average molecular weight is 590 g/mol. The molecule has 5 rings (SSSR count). The van der Waals surface area contributed by atoms with E-state index in [0.29, 0.717) is 0 Å². The van der Waals surface area contributed by atoms with Gasteiger partial charge >= 0.3 is 0 Å². The maximum atomic E-state index is 14.3. The standard InChI is InChI=1S/C29H30F3N3O7/c1-35(2)23-15-5-11-4-14-13(10-7-16(30)22(32)17(31)8-10)6-12(9-33)24(36)19(14)25(37)18(11)26(38)20(15)29(41,42-3)21(27(23)39)28(34)40/h6-8,11,15,20,23,36-37,39,41H,4-5,9,33H2,1-3H3,(H2,34,40)/t11?,15?,20?,23-,29+/m0/s1. The predicted molar refractivity (Wildman–Crippen MR) is 143 cm³/mol. The Bertz CT molecular complexity index is 1580. The minimum atomic E-state index is -2.64. The van der Waals surface area contributed by atoms with Crippen molar-refractivity contribution in [1.82, 2.24) is 4.90 Å². The topological polar surface area (TPSA) is 180 Å². The fourth-order valence-electron chi connectivity index (χ4n) is 7.01. The van der Waals surface area contributed by atoms with E-state index in [-0.39, 0.29) is 52.8 Å². The van der Waals surface area contributed by atoms with E-state index in [9.17, 15) is 43.2 Å². The van der Waals surface area contributed by atoms with Gasteiger partial charge in [-0.3, -0.25) is 14.5 Å². The summed E-state index contributed by atoms with van der Waals surface area (Å²) in [4.78, 5) is 28.2. The molecule has 10 nitrogen and oxygen atoms in total. The number of rotatable bonds is 5. The summed E-state index contributed by atoms with van der Waals surface area (Å²) in [6.07, 6.45) is 0.0294. The highest BCUT2D eigenvalue weighted by Gasteiger charge is 2.63. The number of methoxy groups -OCH3 is 1. The number of Topliss-reactive ketones (excluding diaryl/α,β-unsaturated/α-hetero) is 1. The zero-order valence-electron chi connectivity index (χ0n) is 22.9. The Hall–Kier alpha value is -3.91. The molecule has 5 atom stereocenters. The summed E-state index contributed by atoms with van der Waals surface area (Å²) < 4.78 is 47.6. The first-order valence-corrected chi connectivity index (χ1v) is 13.1. The quantitative estimate of drug-likeness (QED) is 0.225. The van der Waals surface area contributed by atoms with Crippen LogP contribution in [0.25, 0.3) is 16.9 Å². The number of nitrogens with two attached hydrogens (primary N) is 2. The number of hydrogen-bond donors (Lipinski definition) is 6. The Labute approximate surface area is 238 Å². The summed E-state index contributed by atoms with van der Waals surface area (Å²) in [6.45, 7) is -0.261. The van der Waals surface area contributed by atoms with Crippen molar-refractivity contribution in [2.75, 3.05) is 21.2 Å². The first-order chi connectivity index (χ1) is 19.7. The molecule has 2 aromatic carbocycles. The number of nitrogens with zero attached hydrogens (tertiary/aromatic N) is 1. The van der Waals surface area contributed by atoms with Crippen molar-refractivity contribution in [2.45, 2.75) is 31.2 Å². The number of aromatic hydroxyl groups is 1. The van der Waals surface area contributed by atoms with E-state index in [1.165, 1.54) is 6.07 Å². The van der Waals surface area contributed by atoms with E-state index in [1.807, 2.05) is 0 Å². The number of carbonyl (C=O) groups is 2. The number of amides is 1. The van der Waals surface area contributed by atoms with Gasteiger partial charge in [-0.25, -0.2) is 13.2 Å². The highest BCUT2D eigenvalue weighted by atomic mass is 19.2. The van der Waals surface area contributed by atoms with Gasteiger partial charge in [0.1, 0.15) is 22.8 Å². The number of ether oxygens (including phenoxy) is 1. The molecular formula is C29H30F3N3O7. The van der Waals surface area contributed by atoms with Crippen LogP contribution in [0.5, 0.6) is 5.75 Å². The molecule has 0 radical (unpaired) electrons. The van der Waals surface area contributed by atoms with Crippen LogP contribution in [-0.2, 0) is 27.3 Å². The number of aliphatic hydroxyl groups is 3. The Morgan fingerprint density at radius 3 is 2.29 bits per heavy atom. The zero-order chi connectivity index (χ0) is 31.0. The second kappa shape index (κ2) is 10.1. The molecule has 42 heavy (non-hydrogen) atoms. The van der Waals surface area contributed by atoms with Gasteiger partial charge in [-0.15, -0.1) is 0 Å². The second-order valence-electron chi connectivity index (χ2n) is 11.1. The van der Waals surface area contributed by atoms with Crippen molar-refractivity contribution >= 4 is 17.4 Å². The molecule has 1 saturated carbocycles. The molecule has 1 amide bonds. The minimum Gasteiger partial charge on any atom is -0.510 e. The average Bonchev–Trinajstić information content (AvgIpc) is 2.90. The summed E-state index contributed by atoms with van der Waals surface area (Å²) in [5, 5.41) is 45.3. The summed E-state index contributed by atoms with van der Waals surface area (Å²) in [5.41, 5.74) is 10.6. The Balaban J connectivity index is 1.77. The van der Waals surface area contributed by atoms with Crippen LogP contribution < -0.4 is 11.5 Å². The number of ketones is 1. The van der Waals surface area contributed by atoms with Crippen LogP contribution in [0, 0.1) is 35.2 Å². The molecule has 224 valence electrons. The lowest BCUT2D eigenvalue weighted by Crippen LogP contribution is -2.63. The first-order valence-electron chi connectivity index (χ1n) is 13.1. The number of hydrogen-bond acceptors (Lipinski definition) is 9. The minimum absolute atomic E-state index is 0.0310. The van der Waals surface area contributed by atoms with Gasteiger partial charge in [-0.2, -0.15) is 0 Å². The molecule has 0 bridgehead atoms. The largest absolute Gasteiger partial charge is 0.510 e. The van der Waals surface area contributed by atoms with Crippen LogP contribution in [0.1, 0.15) is 23.1 Å². The van der Waals surface area contributed by atoms with Gasteiger partial charge in [0.2, 0.25) is 5.79 Å². The van der Waals surface area contributed by atoms with Crippen LogP contribution in [0.3, 0.4) is 0 Å². The van der Waals surface area contributed by atoms with E-state index in [2.05, 4.69) is 0 Å². The molecule has 3 unspecified atom stereocenters. The number of primary amides is 1. The summed E-state index contributed by atoms with van der Waals surface area (Å²) in [6, 6.07) is 1.97. The molecule has 2 aromatic rings. The van der Waals surface area contributed by atoms with Gasteiger partial charge < -0.3 is 36.6 Å². The predicted octanol–water partition coefficient (Wildman–Crippen LogP) is 2.16. The van der Waals surface area contributed by atoms with Crippen molar-refractivity contribution in [3.63, 3.8) is 0 Å². The highest BCUT2D eigenvalue weighted by Crippen LogP contribution is 2.55.